The number of carbonyl (C=O) groups excluding carboxylic acids is 3. The highest BCUT2D eigenvalue weighted by atomic mass is 35.5. The Morgan fingerprint density at radius 3 is 2.69 bits per heavy atom. The number of benzene rings is 1. The number of piperazine rings is 1. The third-order valence-electron chi connectivity index (χ3n) is 6.05. The average Bonchev–Trinajstić information content (AvgIpc) is 3.21. The van der Waals surface area contributed by atoms with Crippen molar-refractivity contribution in [3.63, 3.8) is 0 Å². The molecule has 3 amide bonds. The molecule has 4 rings (SSSR count). The first-order valence-corrected chi connectivity index (χ1v) is 11.2. The van der Waals surface area contributed by atoms with Crippen LogP contribution >= 0.6 is 11.6 Å². The topological polar surface area (TPSA) is 99.6 Å². The van der Waals surface area contributed by atoms with Crippen molar-refractivity contribution in [2.45, 2.75) is 12.8 Å². The average molecular weight is 459 g/mol. The van der Waals surface area contributed by atoms with Gasteiger partial charge >= 0.3 is 0 Å². The number of likely N-dealkylation sites (tertiary alicyclic amines) is 1. The van der Waals surface area contributed by atoms with Crippen LogP contribution in [0.2, 0.25) is 5.02 Å². The molecule has 2 fully saturated rings. The number of nitrogens with zero attached hydrogens (tertiary/aromatic N) is 4. The highest BCUT2D eigenvalue weighted by Gasteiger charge is 2.28. The third kappa shape index (κ3) is 4.94. The lowest BCUT2D eigenvalue weighted by molar-refractivity contribution is -0.132. The lowest BCUT2D eigenvalue weighted by atomic mass is 9.95. The van der Waals surface area contributed by atoms with Crippen molar-refractivity contribution in [2.75, 3.05) is 44.6 Å². The third-order valence-corrected chi connectivity index (χ3v) is 6.36. The molecule has 170 valence electrons. The molecule has 0 spiro atoms. The van der Waals surface area contributed by atoms with Gasteiger partial charge in [0, 0.05) is 57.9 Å². The van der Waals surface area contributed by atoms with E-state index in [4.69, 9.17) is 11.6 Å². The predicted molar refractivity (Wildman–Crippen MR) is 121 cm³/mol. The standard InChI is InChI=1S/C22H27ClN6O3/c1-27-10-7-25-20(27)21(31)26-16-2-3-17(18(23)12-16)22(32)28-8-4-15(5-9-28)14-29-11-6-24-13-19(29)30/h2-3,7,10,12,15,24H,4-6,8-9,11,13-14H2,1H3,(H,26,31). The van der Waals surface area contributed by atoms with Crippen LogP contribution < -0.4 is 10.6 Å². The number of carbonyl (C=O) groups is 3. The van der Waals surface area contributed by atoms with Crippen LogP contribution in [0.15, 0.2) is 30.6 Å². The molecule has 2 aromatic rings. The number of piperidine rings is 1. The largest absolute Gasteiger partial charge is 0.340 e. The Hall–Kier alpha value is -2.91. The fraction of sp³-hybridized carbons (Fsp3) is 0.455. The molecule has 0 radical (unpaired) electrons. The lowest BCUT2D eigenvalue weighted by Gasteiger charge is -2.36. The molecule has 2 aliphatic heterocycles. The number of hydrogen-bond donors (Lipinski definition) is 2. The lowest BCUT2D eigenvalue weighted by Crippen LogP contribution is -2.50. The summed E-state index contributed by atoms with van der Waals surface area (Å²) < 4.78 is 1.62. The molecule has 0 saturated carbocycles. The van der Waals surface area contributed by atoms with Crippen LogP contribution in [0.4, 0.5) is 5.69 Å². The summed E-state index contributed by atoms with van der Waals surface area (Å²) in [6, 6.07) is 4.89. The summed E-state index contributed by atoms with van der Waals surface area (Å²) in [5, 5.41) is 6.13. The fourth-order valence-electron chi connectivity index (χ4n) is 4.18. The van der Waals surface area contributed by atoms with Crippen molar-refractivity contribution < 1.29 is 14.4 Å². The number of aromatic nitrogens is 2. The molecule has 9 nitrogen and oxygen atoms in total. The first kappa shape index (κ1) is 22.3. The van der Waals surface area contributed by atoms with Gasteiger partial charge in [0.25, 0.3) is 11.8 Å². The van der Waals surface area contributed by atoms with E-state index in [-0.39, 0.29) is 23.5 Å². The summed E-state index contributed by atoms with van der Waals surface area (Å²) in [5.41, 5.74) is 0.913. The molecule has 1 aromatic heterocycles. The zero-order valence-corrected chi connectivity index (χ0v) is 18.8. The van der Waals surface area contributed by atoms with Crippen LogP contribution in [0.3, 0.4) is 0 Å². The maximum atomic E-state index is 13.0. The highest BCUT2D eigenvalue weighted by molar-refractivity contribution is 6.34. The zero-order valence-electron chi connectivity index (χ0n) is 18.0. The fourth-order valence-corrected chi connectivity index (χ4v) is 4.44. The summed E-state index contributed by atoms with van der Waals surface area (Å²) in [4.78, 5) is 45.1. The summed E-state index contributed by atoms with van der Waals surface area (Å²) >= 11 is 6.39. The van der Waals surface area contributed by atoms with Gasteiger partial charge in [-0.3, -0.25) is 14.4 Å². The van der Waals surface area contributed by atoms with E-state index >= 15 is 0 Å². The molecular weight excluding hydrogens is 432 g/mol. The minimum Gasteiger partial charge on any atom is -0.340 e. The number of rotatable bonds is 5. The Balaban J connectivity index is 1.33. The molecule has 10 heteroatoms. The van der Waals surface area contributed by atoms with Crippen molar-refractivity contribution in [1.82, 2.24) is 24.7 Å². The van der Waals surface area contributed by atoms with Crippen LogP contribution in [0.5, 0.6) is 0 Å². The van der Waals surface area contributed by atoms with Gasteiger partial charge in [-0.1, -0.05) is 11.6 Å². The van der Waals surface area contributed by atoms with Crippen molar-refractivity contribution in [3.05, 3.63) is 47.0 Å². The molecule has 0 aliphatic carbocycles. The van der Waals surface area contributed by atoms with Gasteiger partial charge in [0.05, 0.1) is 17.1 Å². The molecule has 2 aliphatic rings. The van der Waals surface area contributed by atoms with E-state index < -0.39 is 0 Å². The first-order chi connectivity index (χ1) is 15.4. The Morgan fingerprint density at radius 1 is 1.25 bits per heavy atom. The van der Waals surface area contributed by atoms with Gasteiger partial charge in [-0.25, -0.2) is 4.98 Å². The maximum Gasteiger partial charge on any atom is 0.291 e. The quantitative estimate of drug-likeness (QED) is 0.709. The second kappa shape index (κ2) is 9.70. The van der Waals surface area contributed by atoms with Crippen molar-refractivity contribution in [1.29, 1.82) is 0 Å². The Bertz CT molecular complexity index is 1010. The minimum atomic E-state index is -0.349. The number of anilines is 1. The van der Waals surface area contributed by atoms with Gasteiger partial charge in [-0.2, -0.15) is 0 Å². The summed E-state index contributed by atoms with van der Waals surface area (Å²) in [6.45, 7) is 4.02. The molecule has 32 heavy (non-hydrogen) atoms. The molecule has 3 heterocycles. The molecule has 0 bridgehead atoms. The molecule has 0 atom stereocenters. The van der Waals surface area contributed by atoms with Crippen LogP contribution in [0.1, 0.15) is 33.8 Å². The predicted octanol–water partition coefficient (Wildman–Crippen LogP) is 1.61. The monoisotopic (exact) mass is 458 g/mol. The summed E-state index contributed by atoms with van der Waals surface area (Å²) in [7, 11) is 1.74. The number of hydrogen-bond acceptors (Lipinski definition) is 5. The van der Waals surface area contributed by atoms with Crippen molar-refractivity contribution in [2.24, 2.45) is 13.0 Å². The number of nitrogens with one attached hydrogen (secondary N) is 2. The van der Waals surface area contributed by atoms with E-state index in [0.717, 1.165) is 32.5 Å². The zero-order chi connectivity index (χ0) is 22.7. The van der Waals surface area contributed by atoms with Gasteiger partial charge in [0.2, 0.25) is 5.91 Å². The smallest absolute Gasteiger partial charge is 0.291 e. The number of amides is 3. The van der Waals surface area contributed by atoms with Gasteiger partial charge in [-0.05, 0) is 37.0 Å². The van der Waals surface area contributed by atoms with Gasteiger partial charge in [0.1, 0.15) is 0 Å². The Morgan fingerprint density at radius 2 is 2.03 bits per heavy atom. The Kier molecular flexibility index (Phi) is 6.76. The van der Waals surface area contributed by atoms with E-state index in [1.807, 2.05) is 9.80 Å². The van der Waals surface area contributed by atoms with Gasteiger partial charge in [-0.15, -0.1) is 0 Å². The number of aryl methyl sites for hydroxylation is 1. The van der Waals surface area contributed by atoms with E-state index in [1.165, 1.54) is 0 Å². The normalized spacial score (nSPS) is 17.5. The highest BCUT2D eigenvalue weighted by Crippen LogP contribution is 2.26. The van der Waals surface area contributed by atoms with E-state index in [9.17, 15) is 14.4 Å². The van der Waals surface area contributed by atoms with Crippen molar-refractivity contribution in [3.8, 4) is 0 Å². The van der Waals surface area contributed by atoms with Gasteiger partial charge < -0.3 is 25.0 Å². The second-order valence-corrected chi connectivity index (χ2v) is 8.67. The van der Waals surface area contributed by atoms with Crippen molar-refractivity contribution >= 4 is 35.0 Å². The van der Waals surface area contributed by atoms with Crippen LogP contribution in [0, 0.1) is 5.92 Å². The minimum absolute atomic E-state index is 0.117. The second-order valence-electron chi connectivity index (χ2n) is 8.26. The van der Waals surface area contributed by atoms with Crippen LogP contribution in [-0.2, 0) is 11.8 Å². The molecule has 0 unspecified atom stereocenters. The molecular formula is C22H27ClN6O3. The van der Waals surface area contributed by atoms with Gasteiger partial charge in [0.15, 0.2) is 5.82 Å². The number of halogens is 1. The molecule has 2 N–H and O–H groups in total. The SMILES string of the molecule is Cn1ccnc1C(=O)Nc1ccc(C(=O)N2CCC(CN3CCNCC3=O)CC2)c(Cl)c1. The Labute approximate surface area is 191 Å². The van der Waals surface area contributed by atoms with Crippen LogP contribution in [-0.4, -0.2) is 76.3 Å². The summed E-state index contributed by atoms with van der Waals surface area (Å²) in [6.07, 6.45) is 4.96. The summed E-state index contributed by atoms with van der Waals surface area (Å²) in [5.74, 6) is 0.370. The van der Waals surface area contributed by atoms with Crippen LogP contribution in [0.25, 0.3) is 0 Å². The molecule has 1 aromatic carbocycles. The molecule has 2 saturated heterocycles. The first-order valence-electron chi connectivity index (χ1n) is 10.8. The number of imidazole rings is 1. The van der Waals surface area contributed by atoms with E-state index in [1.54, 1.807) is 42.2 Å². The van der Waals surface area contributed by atoms with E-state index in [2.05, 4.69) is 15.6 Å². The van der Waals surface area contributed by atoms with E-state index in [0.29, 0.717) is 41.8 Å². The maximum absolute atomic E-state index is 13.0.